The van der Waals surface area contributed by atoms with Crippen LogP contribution in [0.4, 0.5) is 10.5 Å². The van der Waals surface area contributed by atoms with Gasteiger partial charge in [-0.2, -0.15) is 0 Å². The lowest BCUT2D eigenvalue weighted by Crippen LogP contribution is -2.56. The Balaban J connectivity index is 1.78. The van der Waals surface area contributed by atoms with E-state index in [9.17, 15) is 9.35 Å². The fourth-order valence-electron chi connectivity index (χ4n) is 3.79. The van der Waals surface area contributed by atoms with Crippen LogP contribution in [0.3, 0.4) is 0 Å². The predicted molar refractivity (Wildman–Crippen MR) is 114 cm³/mol. The van der Waals surface area contributed by atoms with E-state index in [-0.39, 0.29) is 22.4 Å². The number of hydrogen-bond donors (Lipinski definition) is 2. The normalized spacial score (nSPS) is 22.5. The van der Waals surface area contributed by atoms with Crippen molar-refractivity contribution in [2.24, 2.45) is 0 Å². The molecule has 2 aliphatic heterocycles. The van der Waals surface area contributed by atoms with Gasteiger partial charge in [0.25, 0.3) is 0 Å². The molecule has 2 atom stereocenters. The molecule has 1 spiro atoms. The summed E-state index contributed by atoms with van der Waals surface area (Å²) in [5.41, 5.74) is 1.47. The van der Waals surface area contributed by atoms with Gasteiger partial charge in [-0.25, -0.2) is 4.79 Å². The lowest BCUT2D eigenvalue weighted by molar-refractivity contribution is 0.0167. The minimum absolute atomic E-state index is 0.0652. The number of carbonyl (C=O) groups excluding carboxylic acids is 1. The Labute approximate surface area is 171 Å². The van der Waals surface area contributed by atoms with Crippen LogP contribution < -0.4 is 10.0 Å². The topological polar surface area (TPSA) is 76.7 Å². The van der Waals surface area contributed by atoms with E-state index in [0.29, 0.717) is 13.1 Å². The van der Waals surface area contributed by atoms with Gasteiger partial charge < -0.3 is 19.5 Å². The van der Waals surface area contributed by atoms with Crippen molar-refractivity contribution in [2.45, 2.75) is 76.3 Å². The first kappa shape index (κ1) is 21.3. The standard InChI is InChI=1S/C21H33N3O3S/c1-19(2,3)27-18(25)24-13-11-21(12-14-24)17(23-28(26)20(4,5)6)15-9-7-8-10-16(15)22-21/h7-10,17,22-23H,11-14H2,1-6H3/t17-,28+/m0/s1. The summed E-state index contributed by atoms with van der Waals surface area (Å²) in [4.78, 5) is 14.2. The maximum absolute atomic E-state index is 12.9. The monoisotopic (exact) mass is 407 g/mol. The summed E-state index contributed by atoms with van der Waals surface area (Å²) in [5.74, 6) is 0. The SMILES string of the molecule is CC(C)(C)OC(=O)N1CCC2(CC1)Nc1ccccc1[C@@H]2N[S@+]([O-])C(C)(C)C. The molecule has 28 heavy (non-hydrogen) atoms. The van der Waals surface area contributed by atoms with E-state index < -0.39 is 17.0 Å². The van der Waals surface area contributed by atoms with E-state index in [4.69, 9.17) is 4.74 Å². The van der Waals surface area contributed by atoms with Crippen molar-refractivity contribution in [1.29, 1.82) is 0 Å². The number of piperidine rings is 1. The minimum atomic E-state index is -1.19. The highest BCUT2D eigenvalue weighted by atomic mass is 32.2. The molecule has 0 saturated carbocycles. The van der Waals surface area contributed by atoms with E-state index in [1.54, 1.807) is 4.90 Å². The van der Waals surface area contributed by atoms with Crippen molar-refractivity contribution >= 4 is 23.1 Å². The summed E-state index contributed by atoms with van der Waals surface area (Å²) in [6.07, 6.45) is 1.26. The van der Waals surface area contributed by atoms with Crippen molar-refractivity contribution < 1.29 is 14.1 Å². The summed E-state index contributed by atoms with van der Waals surface area (Å²) >= 11 is -1.19. The van der Waals surface area contributed by atoms with Gasteiger partial charge in [0.1, 0.15) is 16.4 Å². The number of rotatable bonds is 2. The summed E-state index contributed by atoms with van der Waals surface area (Å²) in [7, 11) is 0. The molecule has 0 radical (unpaired) electrons. The molecule has 2 heterocycles. The van der Waals surface area contributed by atoms with Gasteiger partial charge >= 0.3 is 6.09 Å². The molecular formula is C21H33N3O3S. The second-order valence-corrected chi connectivity index (χ2v) is 11.8. The molecule has 1 fully saturated rings. The molecular weight excluding hydrogens is 374 g/mol. The van der Waals surface area contributed by atoms with Crippen LogP contribution in [-0.4, -0.2) is 44.5 Å². The third-order valence-corrected chi connectivity index (χ3v) is 6.86. The molecule has 1 amide bonds. The van der Waals surface area contributed by atoms with Crippen LogP contribution in [0.15, 0.2) is 24.3 Å². The second kappa shape index (κ2) is 7.43. The molecule has 1 aromatic carbocycles. The summed E-state index contributed by atoms with van der Waals surface area (Å²) in [6, 6.07) is 8.13. The number of fused-ring (bicyclic) bond motifs is 1. The van der Waals surface area contributed by atoms with Gasteiger partial charge in [0, 0.05) is 30.1 Å². The Morgan fingerprint density at radius 1 is 1.21 bits per heavy atom. The highest BCUT2D eigenvalue weighted by Crippen LogP contribution is 2.47. The third kappa shape index (κ3) is 4.42. The molecule has 1 aromatic rings. The fraction of sp³-hybridized carbons (Fsp3) is 0.667. The second-order valence-electron chi connectivity index (χ2n) is 9.77. The number of benzene rings is 1. The van der Waals surface area contributed by atoms with Gasteiger partial charge in [-0.1, -0.05) is 18.2 Å². The lowest BCUT2D eigenvalue weighted by atomic mass is 9.81. The number of likely N-dealkylation sites (tertiary alicyclic amines) is 1. The summed E-state index contributed by atoms with van der Waals surface area (Å²) in [6.45, 7) is 12.8. The minimum Gasteiger partial charge on any atom is -0.598 e. The molecule has 7 heteroatoms. The predicted octanol–water partition coefficient (Wildman–Crippen LogP) is 3.97. The molecule has 0 aliphatic carbocycles. The van der Waals surface area contributed by atoms with Gasteiger partial charge in [0.15, 0.2) is 0 Å². The first-order valence-corrected chi connectivity index (χ1v) is 11.1. The van der Waals surface area contributed by atoms with E-state index >= 15 is 0 Å². The van der Waals surface area contributed by atoms with Crippen LogP contribution in [0.25, 0.3) is 0 Å². The van der Waals surface area contributed by atoms with Crippen LogP contribution in [0.5, 0.6) is 0 Å². The molecule has 2 aliphatic rings. The smallest absolute Gasteiger partial charge is 0.410 e. The number of amides is 1. The highest BCUT2D eigenvalue weighted by Gasteiger charge is 2.51. The zero-order valence-electron chi connectivity index (χ0n) is 17.8. The maximum atomic E-state index is 12.9. The van der Waals surface area contributed by atoms with E-state index in [0.717, 1.165) is 24.1 Å². The zero-order chi connectivity index (χ0) is 20.7. The average Bonchev–Trinajstić information content (AvgIpc) is 2.86. The van der Waals surface area contributed by atoms with Crippen molar-refractivity contribution in [3.8, 4) is 0 Å². The van der Waals surface area contributed by atoms with Gasteiger partial charge in [0.2, 0.25) is 0 Å². The maximum Gasteiger partial charge on any atom is 0.410 e. The number of carbonyl (C=O) groups is 1. The molecule has 0 aromatic heterocycles. The Morgan fingerprint density at radius 2 is 1.82 bits per heavy atom. The molecule has 2 N–H and O–H groups in total. The Morgan fingerprint density at radius 3 is 2.39 bits per heavy atom. The van der Waals surface area contributed by atoms with Gasteiger partial charge in [-0.15, -0.1) is 4.72 Å². The zero-order valence-corrected chi connectivity index (χ0v) is 18.6. The van der Waals surface area contributed by atoms with Crippen LogP contribution in [-0.2, 0) is 16.1 Å². The van der Waals surface area contributed by atoms with Crippen LogP contribution in [0, 0.1) is 0 Å². The average molecular weight is 408 g/mol. The molecule has 1 saturated heterocycles. The number of ether oxygens (including phenoxy) is 1. The van der Waals surface area contributed by atoms with Crippen molar-refractivity contribution in [2.75, 3.05) is 18.4 Å². The van der Waals surface area contributed by atoms with Crippen LogP contribution in [0.2, 0.25) is 0 Å². The molecule has 0 unspecified atom stereocenters. The highest BCUT2D eigenvalue weighted by molar-refractivity contribution is 7.90. The number of hydrogen-bond acceptors (Lipinski definition) is 5. The lowest BCUT2D eigenvalue weighted by Gasteiger charge is -2.44. The third-order valence-electron chi connectivity index (χ3n) is 5.30. The van der Waals surface area contributed by atoms with E-state index in [1.165, 1.54) is 0 Å². The van der Waals surface area contributed by atoms with Crippen molar-refractivity contribution in [3.63, 3.8) is 0 Å². The molecule has 6 nitrogen and oxygen atoms in total. The quantitative estimate of drug-likeness (QED) is 0.726. The fourth-order valence-corrected chi connectivity index (χ4v) is 4.71. The molecule has 156 valence electrons. The first-order chi connectivity index (χ1) is 12.9. The van der Waals surface area contributed by atoms with Crippen molar-refractivity contribution in [3.05, 3.63) is 29.8 Å². The van der Waals surface area contributed by atoms with Gasteiger partial charge in [-0.05, 0) is 66.0 Å². The largest absolute Gasteiger partial charge is 0.598 e. The van der Waals surface area contributed by atoms with Crippen LogP contribution in [0.1, 0.15) is 66.0 Å². The van der Waals surface area contributed by atoms with Crippen LogP contribution >= 0.6 is 0 Å². The number of nitrogens with one attached hydrogen (secondary N) is 2. The number of anilines is 1. The summed E-state index contributed by atoms with van der Waals surface area (Å²) < 4.78 is 21.4. The van der Waals surface area contributed by atoms with Gasteiger partial charge in [-0.3, -0.25) is 0 Å². The number of nitrogens with zero attached hydrogens (tertiary/aromatic N) is 1. The van der Waals surface area contributed by atoms with Gasteiger partial charge in [0.05, 0.1) is 5.54 Å². The first-order valence-electron chi connectivity index (χ1n) is 9.94. The Kier molecular flexibility index (Phi) is 5.64. The number of para-hydroxylation sites is 1. The Hall–Kier alpha value is -1.44. The van der Waals surface area contributed by atoms with E-state index in [1.807, 2.05) is 53.7 Å². The molecule has 0 bridgehead atoms. The Bertz CT molecular complexity index is 718. The van der Waals surface area contributed by atoms with Crippen molar-refractivity contribution in [1.82, 2.24) is 9.62 Å². The molecule has 3 rings (SSSR count). The summed E-state index contributed by atoms with van der Waals surface area (Å²) in [5, 5.41) is 3.69. The van der Waals surface area contributed by atoms with E-state index in [2.05, 4.69) is 22.2 Å².